The highest BCUT2D eigenvalue weighted by atomic mass is 16.5. The third-order valence-corrected chi connectivity index (χ3v) is 4.46. The molecule has 5 nitrogen and oxygen atoms in total. The third-order valence-electron chi connectivity index (χ3n) is 4.46. The number of amides is 1. The quantitative estimate of drug-likeness (QED) is 0.908. The molecule has 1 saturated carbocycles. The van der Waals surface area contributed by atoms with Crippen molar-refractivity contribution in [1.82, 2.24) is 9.78 Å². The average Bonchev–Trinajstić information content (AvgIpc) is 2.93. The number of carbonyl (C=O) groups is 1. The van der Waals surface area contributed by atoms with E-state index >= 15 is 0 Å². The predicted molar refractivity (Wildman–Crippen MR) is 94.0 cm³/mol. The number of rotatable bonds is 5. The Morgan fingerprint density at radius 3 is 2.79 bits per heavy atom. The van der Waals surface area contributed by atoms with E-state index in [0.717, 1.165) is 29.8 Å². The number of nitrogens with zero attached hydrogens (tertiary/aromatic N) is 2. The SMILES string of the molecule is Cc1cc(C(=O)Nc2cccc(COC3CCCCC3)c2)n(C)n1. The smallest absolute Gasteiger partial charge is 0.273 e. The molecule has 0 saturated heterocycles. The summed E-state index contributed by atoms with van der Waals surface area (Å²) in [7, 11) is 1.77. The van der Waals surface area contributed by atoms with Crippen molar-refractivity contribution in [2.75, 3.05) is 5.32 Å². The number of aromatic nitrogens is 2. The zero-order valence-electron chi connectivity index (χ0n) is 14.4. The average molecular weight is 327 g/mol. The summed E-state index contributed by atoms with van der Waals surface area (Å²) in [6, 6.07) is 9.64. The molecule has 0 unspecified atom stereocenters. The molecule has 128 valence electrons. The van der Waals surface area contributed by atoms with Crippen LogP contribution in [0.2, 0.25) is 0 Å². The Kier molecular flexibility index (Phi) is 5.30. The minimum absolute atomic E-state index is 0.150. The number of hydrogen-bond donors (Lipinski definition) is 1. The third kappa shape index (κ3) is 4.23. The minimum atomic E-state index is -0.150. The number of nitrogens with one attached hydrogen (secondary N) is 1. The molecule has 1 N–H and O–H groups in total. The summed E-state index contributed by atoms with van der Waals surface area (Å²) in [5.41, 5.74) is 3.25. The maximum Gasteiger partial charge on any atom is 0.273 e. The maximum absolute atomic E-state index is 12.4. The van der Waals surface area contributed by atoms with E-state index in [-0.39, 0.29) is 5.91 Å². The predicted octanol–water partition coefficient (Wildman–Crippen LogP) is 3.83. The zero-order chi connectivity index (χ0) is 16.9. The second kappa shape index (κ2) is 7.62. The highest BCUT2D eigenvalue weighted by Gasteiger charge is 2.14. The lowest BCUT2D eigenvalue weighted by molar-refractivity contribution is 0.0169. The van der Waals surface area contributed by atoms with Gasteiger partial charge in [-0.1, -0.05) is 31.4 Å². The molecule has 1 aliphatic carbocycles. The van der Waals surface area contributed by atoms with Gasteiger partial charge in [-0.05, 0) is 43.5 Å². The molecule has 0 atom stereocenters. The topological polar surface area (TPSA) is 56.1 Å². The van der Waals surface area contributed by atoms with Crippen molar-refractivity contribution < 1.29 is 9.53 Å². The molecule has 1 fully saturated rings. The Morgan fingerprint density at radius 1 is 1.29 bits per heavy atom. The largest absolute Gasteiger partial charge is 0.374 e. The summed E-state index contributed by atoms with van der Waals surface area (Å²) in [4.78, 5) is 12.4. The van der Waals surface area contributed by atoms with Crippen molar-refractivity contribution in [3.8, 4) is 0 Å². The Labute approximate surface area is 143 Å². The fourth-order valence-electron chi connectivity index (χ4n) is 3.20. The summed E-state index contributed by atoms with van der Waals surface area (Å²) in [5.74, 6) is -0.150. The van der Waals surface area contributed by atoms with Gasteiger partial charge >= 0.3 is 0 Å². The molecular formula is C19H25N3O2. The number of anilines is 1. The first kappa shape index (κ1) is 16.7. The number of ether oxygens (including phenoxy) is 1. The van der Waals surface area contributed by atoms with Gasteiger partial charge in [-0.15, -0.1) is 0 Å². The Balaban J connectivity index is 1.60. The Hall–Kier alpha value is -2.14. The van der Waals surface area contributed by atoms with Crippen LogP contribution in [0, 0.1) is 6.92 Å². The highest BCUT2D eigenvalue weighted by molar-refractivity contribution is 6.03. The molecule has 1 aromatic heterocycles. The first-order valence-corrected chi connectivity index (χ1v) is 8.64. The van der Waals surface area contributed by atoms with Gasteiger partial charge in [0.25, 0.3) is 5.91 Å². The van der Waals surface area contributed by atoms with Crippen LogP contribution in [-0.4, -0.2) is 21.8 Å². The van der Waals surface area contributed by atoms with Crippen molar-refractivity contribution in [3.63, 3.8) is 0 Å². The number of hydrogen-bond acceptors (Lipinski definition) is 3. The van der Waals surface area contributed by atoms with Crippen molar-refractivity contribution in [2.45, 2.75) is 51.7 Å². The summed E-state index contributed by atoms with van der Waals surface area (Å²) in [6.45, 7) is 2.47. The van der Waals surface area contributed by atoms with Gasteiger partial charge in [0.2, 0.25) is 0 Å². The second-order valence-corrected chi connectivity index (χ2v) is 6.52. The van der Waals surface area contributed by atoms with E-state index in [0.29, 0.717) is 18.4 Å². The van der Waals surface area contributed by atoms with Crippen LogP contribution in [-0.2, 0) is 18.4 Å². The van der Waals surface area contributed by atoms with E-state index < -0.39 is 0 Å². The summed E-state index contributed by atoms with van der Waals surface area (Å²) < 4.78 is 7.61. The molecule has 2 aromatic rings. The van der Waals surface area contributed by atoms with E-state index in [1.807, 2.05) is 31.2 Å². The van der Waals surface area contributed by atoms with Crippen LogP contribution in [0.4, 0.5) is 5.69 Å². The monoisotopic (exact) mass is 327 g/mol. The van der Waals surface area contributed by atoms with Crippen LogP contribution in [0.5, 0.6) is 0 Å². The molecular weight excluding hydrogens is 302 g/mol. The van der Waals surface area contributed by atoms with Crippen molar-refractivity contribution >= 4 is 11.6 Å². The number of aryl methyl sites for hydroxylation is 2. The molecule has 1 heterocycles. The van der Waals surface area contributed by atoms with Crippen LogP contribution in [0.15, 0.2) is 30.3 Å². The first-order chi connectivity index (χ1) is 11.6. The van der Waals surface area contributed by atoms with Gasteiger partial charge in [-0.3, -0.25) is 9.48 Å². The van der Waals surface area contributed by atoms with Crippen molar-refractivity contribution in [3.05, 3.63) is 47.3 Å². The van der Waals surface area contributed by atoms with E-state index in [2.05, 4.69) is 10.4 Å². The summed E-state index contributed by atoms with van der Waals surface area (Å²) in [6.07, 6.45) is 6.58. The van der Waals surface area contributed by atoms with Crippen LogP contribution in [0.1, 0.15) is 53.8 Å². The molecule has 0 aliphatic heterocycles. The number of benzene rings is 1. The normalized spacial score (nSPS) is 15.4. The zero-order valence-corrected chi connectivity index (χ0v) is 14.4. The molecule has 0 radical (unpaired) electrons. The number of carbonyl (C=O) groups excluding carboxylic acids is 1. The maximum atomic E-state index is 12.4. The summed E-state index contributed by atoms with van der Waals surface area (Å²) >= 11 is 0. The van der Waals surface area contributed by atoms with Crippen LogP contribution in [0.25, 0.3) is 0 Å². The lowest BCUT2D eigenvalue weighted by Gasteiger charge is -2.22. The van der Waals surface area contributed by atoms with Crippen LogP contribution in [0.3, 0.4) is 0 Å². The van der Waals surface area contributed by atoms with Gasteiger partial charge < -0.3 is 10.1 Å². The van der Waals surface area contributed by atoms with E-state index in [1.54, 1.807) is 17.8 Å². The molecule has 5 heteroatoms. The lowest BCUT2D eigenvalue weighted by Crippen LogP contribution is -2.17. The lowest BCUT2D eigenvalue weighted by atomic mass is 9.98. The van der Waals surface area contributed by atoms with Gasteiger partial charge in [0.15, 0.2) is 0 Å². The Bertz CT molecular complexity index is 702. The van der Waals surface area contributed by atoms with Crippen LogP contribution < -0.4 is 5.32 Å². The standard InChI is InChI=1S/C19H25N3O2/c1-14-11-18(22(2)21-14)19(23)20-16-8-6-7-15(12-16)13-24-17-9-4-3-5-10-17/h6-8,11-12,17H,3-5,9-10,13H2,1-2H3,(H,20,23). The molecule has 1 aromatic carbocycles. The van der Waals surface area contributed by atoms with Gasteiger partial charge in [0, 0.05) is 12.7 Å². The fraction of sp³-hybridized carbons (Fsp3) is 0.474. The van der Waals surface area contributed by atoms with Gasteiger partial charge in [-0.25, -0.2) is 0 Å². The van der Waals surface area contributed by atoms with Gasteiger partial charge in [0.1, 0.15) is 5.69 Å². The molecule has 24 heavy (non-hydrogen) atoms. The Morgan fingerprint density at radius 2 is 2.08 bits per heavy atom. The summed E-state index contributed by atoms with van der Waals surface area (Å²) in [5, 5.41) is 7.14. The van der Waals surface area contributed by atoms with Crippen molar-refractivity contribution in [2.24, 2.45) is 7.05 Å². The van der Waals surface area contributed by atoms with E-state index in [1.165, 1.54) is 19.3 Å². The van der Waals surface area contributed by atoms with Crippen molar-refractivity contribution in [1.29, 1.82) is 0 Å². The van der Waals surface area contributed by atoms with Gasteiger partial charge in [0.05, 0.1) is 18.4 Å². The second-order valence-electron chi connectivity index (χ2n) is 6.52. The molecule has 0 spiro atoms. The molecule has 3 rings (SSSR count). The highest BCUT2D eigenvalue weighted by Crippen LogP contribution is 2.22. The molecule has 1 aliphatic rings. The minimum Gasteiger partial charge on any atom is -0.374 e. The van der Waals surface area contributed by atoms with Gasteiger partial charge in [-0.2, -0.15) is 5.10 Å². The fourth-order valence-corrected chi connectivity index (χ4v) is 3.20. The molecule has 1 amide bonds. The molecule has 0 bridgehead atoms. The van der Waals surface area contributed by atoms with E-state index in [4.69, 9.17) is 4.74 Å². The van der Waals surface area contributed by atoms with Crippen LogP contribution >= 0.6 is 0 Å². The first-order valence-electron chi connectivity index (χ1n) is 8.64. The van der Waals surface area contributed by atoms with E-state index in [9.17, 15) is 4.79 Å².